The van der Waals surface area contributed by atoms with Crippen molar-refractivity contribution in [2.45, 2.75) is 44.3 Å². The number of nitrogens with zero attached hydrogens (tertiary/aromatic N) is 5. The number of aromatic nitrogens is 3. The van der Waals surface area contributed by atoms with Crippen LogP contribution in [0.3, 0.4) is 0 Å². The lowest BCUT2D eigenvalue weighted by Crippen LogP contribution is -2.54. The smallest absolute Gasteiger partial charge is 0.385 e. The van der Waals surface area contributed by atoms with E-state index >= 15 is 0 Å². The molecule has 0 amide bonds. The first-order valence-corrected chi connectivity index (χ1v) is 10.1. The minimum atomic E-state index is -4.55. The molecule has 31 heavy (non-hydrogen) atoms. The molecule has 2 aromatic rings. The molecule has 4 rings (SSSR count). The summed E-state index contributed by atoms with van der Waals surface area (Å²) in [5, 5.41) is 10.6. The Morgan fingerprint density at radius 2 is 2.13 bits per heavy atom. The maximum Gasteiger partial charge on any atom is 0.408 e. The highest BCUT2D eigenvalue weighted by Crippen LogP contribution is 2.35. The molecule has 168 valence electrons. The van der Waals surface area contributed by atoms with Crippen LogP contribution in [-0.2, 0) is 11.3 Å². The Kier molecular flexibility index (Phi) is 5.89. The number of halogens is 3. The van der Waals surface area contributed by atoms with Gasteiger partial charge in [-0.05, 0) is 25.5 Å². The lowest BCUT2D eigenvalue weighted by atomic mass is 10.1. The monoisotopic (exact) mass is 439 g/mol. The van der Waals surface area contributed by atoms with Crippen LogP contribution in [0.5, 0.6) is 0 Å². The van der Waals surface area contributed by atoms with Gasteiger partial charge < -0.3 is 19.6 Å². The second-order valence-electron chi connectivity index (χ2n) is 7.79. The Morgan fingerprint density at radius 1 is 1.32 bits per heavy atom. The summed E-state index contributed by atoms with van der Waals surface area (Å²) in [4.78, 5) is 24.1. The fourth-order valence-electron chi connectivity index (χ4n) is 4.07. The summed E-state index contributed by atoms with van der Waals surface area (Å²) in [6.07, 6.45) is -4.67. The standard InChI is InChI=1S/C20H24F3N5O3/c1-13-12-31-9-8-26(13)17-10-18(30)27-7-5-16(20(21,22)23)28(19(27)25-17)11-15(29)14-4-2-3-6-24-14/h2-4,6,10,13,15-16,29H,5,7-9,11-12H2,1H3/t13-,15?,16?/m1/s1. The molecule has 1 N–H and O–H groups in total. The summed E-state index contributed by atoms with van der Waals surface area (Å²) in [6, 6.07) is 4.27. The third kappa shape index (κ3) is 4.38. The van der Waals surface area contributed by atoms with E-state index in [1.807, 2.05) is 11.8 Å². The molecule has 11 heteroatoms. The number of rotatable bonds is 4. The van der Waals surface area contributed by atoms with Gasteiger partial charge >= 0.3 is 6.18 Å². The van der Waals surface area contributed by atoms with E-state index in [0.29, 0.717) is 25.6 Å². The maximum atomic E-state index is 13.9. The molecular weight excluding hydrogens is 415 g/mol. The molecular formula is C20H24F3N5O3. The normalized spacial score (nSPS) is 22.9. The van der Waals surface area contributed by atoms with Crippen LogP contribution in [0.2, 0.25) is 0 Å². The van der Waals surface area contributed by atoms with Gasteiger partial charge in [-0.3, -0.25) is 14.3 Å². The summed E-state index contributed by atoms with van der Waals surface area (Å²) < 4.78 is 48.3. The molecule has 0 aromatic carbocycles. The van der Waals surface area contributed by atoms with E-state index in [1.54, 1.807) is 18.2 Å². The number of pyridine rings is 1. The lowest BCUT2D eigenvalue weighted by Gasteiger charge is -2.41. The Hall–Kier alpha value is -2.66. The van der Waals surface area contributed by atoms with Crippen molar-refractivity contribution in [3.63, 3.8) is 0 Å². The number of fused-ring (bicyclic) bond motifs is 1. The summed E-state index contributed by atoms with van der Waals surface area (Å²) >= 11 is 0. The SMILES string of the molecule is C[C@@H]1COCCN1c1cc(=O)n2c(n1)N(CC(O)c1ccccn1)C(C(F)(F)F)CC2. The molecule has 0 aliphatic carbocycles. The van der Waals surface area contributed by atoms with E-state index in [1.165, 1.54) is 16.8 Å². The summed E-state index contributed by atoms with van der Waals surface area (Å²) in [5.74, 6) is 0.219. The Balaban J connectivity index is 1.75. The first kappa shape index (κ1) is 21.6. The van der Waals surface area contributed by atoms with Gasteiger partial charge in [0.15, 0.2) is 0 Å². The molecule has 4 heterocycles. The van der Waals surface area contributed by atoms with Crippen molar-refractivity contribution in [3.05, 3.63) is 46.5 Å². The molecule has 0 radical (unpaired) electrons. The van der Waals surface area contributed by atoms with Gasteiger partial charge in [-0.25, -0.2) is 0 Å². The number of hydrogen-bond donors (Lipinski definition) is 1. The van der Waals surface area contributed by atoms with E-state index < -0.39 is 30.4 Å². The van der Waals surface area contributed by atoms with Gasteiger partial charge in [0, 0.05) is 25.4 Å². The first-order chi connectivity index (χ1) is 14.8. The predicted octanol–water partition coefficient (Wildman–Crippen LogP) is 1.74. The number of hydrogen-bond acceptors (Lipinski definition) is 7. The van der Waals surface area contributed by atoms with E-state index in [9.17, 15) is 23.1 Å². The molecule has 1 fully saturated rings. The molecule has 8 nitrogen and oxygen atoms in total. The second-order valence-corrected chi connectivity index (χ2v) is 7.79. The Morgan fingerprint density at radius 3 is 2.81 bits per heavy atom. The van der Waals surface area contributed by atoms with Crippen molar-refractivity contribution >= 4 is 11.8 Å². The zero-order valence-electron chi connectivity index (χ0n) is 17.0. The zero-order valence-corrected chi connectivity index (χ0v) is 17.0. The van der Waals surface area contributed by atoms with Crippen molar-refractivity contribution in [2.75, 3.05) is 36.1 Å². The number of aliphatic hydroxyl groups excluding tert-OH is 1. The molecule has 3 atom stereocenters. The number of alkyl halides is 3. The fourth-order valence-corrected chi connectivity index (χ4v) is 4.07. The highest BCUT2D eigenvalue weighted by Gasteiger charge is 2.47. The number of aliphatic hydroxyl groups is 1. The summed E-state index contributed by atoms with van der Waals surface area (Å²) in [5.41, 5.74) is -0.169. The number of ether oxygens (including phenoxy) is 1. The van der Waals surface area contributed by atoms with Crippen LogP contribution in [0.4, 0.5) is 24.9 Å². The molecule has 2 aliphatic heterocycles. The first-order valence-electron chi connectivity index (χ1n) is 10.1. The third-order valence-corrected chi connectivity index (χ3v) is 5.67. The average molecular weight is 439 g/mol. The van der Waals surface area contributed by atoms with Gasteiger partial charge in [-0.2, -0.15) is 18.2 Å². The number of β-amino-alcohol motifs (C(OH)–C–C–N with tert-alkyl or cyclic N) is 1. The Labute approximate surface area is 176 Å². The third-order valence-electron chi connectivity index (χ3n) is 5.67. The van der Waals surface area contributed by atoms with E-state index in [4.69, 9.17) is 4.74 Å². The second kappa shape index (κ2) is 8.46. The molecule has 1 saturated heterocycles. The molecule has 0 spiro atoms. The van der Waals surface area contributed by atoms with Gasteiger partial charge in [0.25, 0.3) is 5.56 Å². The zero-order chi connectivity index (χ0) is 22.2. The van der Waals surface area contributed by atoms with Crippen LogP contribution in [0.1, 0.15) is 25.1 Å². The van der Waals surface area contributed by atoms with E-state index in [2.05, 4.69) is 9.97 Å². The highest BCUT2D eigenvalue weighted by molar-refractivity contribution is 5.47. The van der Waals surface area contributed by atoms with Crippen LogP contribution in [-0.4, -0.2) is 64.2 Å². The minimum absolute atomic E-state index is 0.0711. The number of anilines is 2. The fraction of sp³-hybridized carbons (Fsp3) is 0.550. The summed E-state index contributed by atoms with van der Waals surface area (Å²) in [6.45, 7) is 2.77. The lowest BCUT2D eigenvalue weighted by molar-refractivity contribution is -0.153. The van der Waals surface area contributed by atoms with Crippen LogP contribution < -0.4 is 15.4 Å². The van der Waals surface area contributed by atoms with E-state index in [0.717, 1.165) is 4.90 Å². The van der Waals surface area contributed by atoms with Crippen LogP contribution in [0.25, 0.3) is 0 Å². The van der Waals surface area contributed by atoms with Gasteiger partial charge in [-0.15, -0.1) is 0 Å². The molecule has 2 aliphatic rings. The molecule has 2 aromatic heterocycles. The predicted molar refractivity (Wildman–Crippen MR) is 107 cm³/mol. The quantitative estimate of drug-likeness (QED) is 0.777. The van der Waals surface area contributed by atoms with Gasteiger partial charge in [0.1, 0.15) is 18.0 Å². The van der Waals surface area contributed by atoms with Crippen LogP contribution >= 0.6 is 0 Å². The van der Waals surface area contributed by atoms with Gasteiger partial charge in [0.2, 0.25) is 5.95 Å². The van der Waals surface area contributed by atoms with Crippen molar-refractivity contribution in [1.82, 2.24) is 14.5 Å². The van der Waals surface area contributed by atoms with Gasteiger partial charge in [-0.1, -0.05) is 6.07 Å². The molecule has 0 bridgehead atoms. The van der Waals surface area contributed by atoms with Crippen LogP contribution in [0, 0.1) is 0 Å². The highest BCUT2D eigenvalue weighted by atomic mass is 19.4. The van der Waals surface area contributed by atoms with Crippen molar-refractivity contribution in [2.24, 2.45) is 0 Å². The largest absolute Gasteiger partial charge is 0.408 e. The maximum absolute atomic E-state index is 13.9. The summed E-state index contributed by atoms with van der Waals surface area (Å²) in [7, 11) is 0. The van der Waals surface area contributed by atoms with Crippen molar-refractivity contribution < 1.29 is 23.0 Å². The van der Waals surface area contributed by atoms with E-state index in [-0.39, 0.29) is 30.6 Å². The Bertz CT molecular complexity index is 969. The topological polar surface area (TPSA) is 83.7 Å². The molecule has 0 saturated carbocycles. The minimum Gasteiger partial charge on any atom is -0.385 e. The van der Waals surface area contributed by atoms with Crippen molar-refractivity contribution in [1.29, 1.82) is 0 Å². The van der Waals surface area contributed by atoms with Gasteiger partial charge in [0.05, 0.1) is 31.5 Å². The molecule has 2 unspecified atom stereocenters. The average Bonchev–Trinajstić information content (AvgIpc) is 2.74. The number of morpholine rings is 1. The van der Waals surface area contributed by atoms with Crippen molar-refractivity contribution in [3.8, 4) is 0 Å². The van der Waals surface area contributed by atoms with Crippen LogP contribution in [0.15, 0.2) is 35.3 Å².